The van der Waals surface area contributed by atoms with E-state index in [-0.39, 0.29) is 28.3 Å². The molecular weight excluding hydrogens is 607 g/mol. The molecule has 11 heteroatoms. The lowest BCUT2D eigenvalue weighted by atomic mass is 9.75. The van der Waals surface area contributed by atoms with Gasteiger partial charge in [0.05, 0.1) is 6.42 Å². The molecule has 3 saturated heterocycles. The van der Waals surface area contributed by atoms with Gasteiger partial charge in [0.25, 0.3) is 0 Å². The highest BCUT2D eigenvalue weighted by atomic mass is 33.1. The topological polar surface area (TPSA) is 55.8 Å². The number of hydrogen-bond acceptors (Lipinski definition) is 11. The predicted octanol–water partition coefficient (Wildman–Crippen LogP) is 7.94. The highest BCUT2D eigenvalue weighted by molar-refractivity contribution is 8.77. The van der Waals surface area contributed by atoms with Gasteiger partial charge in [0.2, 0.25) is 0 Å². The summed E-state index contributed by atoms with van der Waals surface area (Å²) in [7, 11) is 11.6. The van der Waals surface area contributed by atoms with Crippen LogP contribution < -0.4 is 0 Å². The van der Waals surface area contributed by atoms with Crippen molar-refractivity contribution in [2.24, 2.45) is 22.7 Å². The standard InChI is InChI=1S/C28H49NO4S6/c1-26(2,3)9-7-24(30)32-19-28(11-21-13-34-35-14-21,12-22-15-36-37-16-22)20-33-25(31)8-10-29(27(4,5)6)23-17-38-39-18-23/h21-23H,7-20H2,1-6H3. The van der Waals surface area contributed by atoms with Crippen LogP contribution >= 0.6 is 64.8 Å². The number of esters is 2. The number of hydrogen-bond donors (Lipinski definition) is 0. The second-order valence-corrected chi connectivity index (χ2v) is 21.2. The maximum atomic E-state index is 13.2. The molecule has 3 aliphatic rings. The molecule has 0 unspecified atom stereocenters. The summed E-state index contributed by atoms with van der Waals surface area (Å²) >= 11 is 0. The summed E-state index contributed by atoms with van der Waals surface area (Å²) in [5.74, 6) is 7.54. The van der Waals surface area contributed by atoms with E-state index in [0.29, 0.717) is 50.5 Å². The Kier molecular flexibility index (Phi) is 14.3. The van der Waals surface area contributed by atoms with Crippen LogP contribution in [0.15, 0.2) is 0 Å². The van der Waals surface area contributed by atoms with Crippen LogP contribution in [0.25, 0.3) is 0 Å². The molecule has 0 N–H and O–H groups in total. The Morgan fingerprint density at radius 3 is 1.56 bits per heavy atom. The minimum atomic E-state index is -0.318. The first-order valence-corrected chi connectivity index (χ1v) is 21.6. The van der Waals surface area contributed by atoms with Crippen LogP contribution in [0.5, 0.6) is 0 Å². The molecule has 0 bridgehead atoms. The van der Waals surface area contributed by atoms with Gasteiger partial charge < -0.3 is 9.47 Å². The van der Waals surface area contributed by atoms with Gasteiger partial charge in [-0.15, -0.1) is 0 Å². The van der Waals surface area contributed by atoms with E-state index in [1.165, 1.54) is 0 Å². The largest absolute Gasteiger partial charge is 0.465 e. The third-order valence-corrected chi connectivity index (χ3v) is 15.4. The zero-order valence-electron chi connectivity index (χ0n) is 24.7. The highest BCUT2D eigenvalue weighted by Crippen LogP contribution is 2.46. The van der Waals surface area contributed by atoms with E-state index in [9.17, 15) is 9.59 Å². The molecule has 0 aliphatic carbocycles. The monoisotopic (exact) mass is 655 g/mol. The van der Waals surface area contributed by atoms with Gasteiger partial charge in [-0.05, 0) is 57.3 Å². The summed E-state index contributed by atoms with van der Waals surface area (Å²) in [6.45, 7) is 14.6. The van der Waals surface area contributed by atoms with Crippen molar-refractivity contribution >= 4 is 76.7 Å². The molecule has 5 nitrogen and oxygen atoms in total. The van der Waals surface area contributed by atoms with Gasteiger partial charge in [-0.2, -0.15) is 0 Å². The van der Waals surface area contributed by atoms with E-state index in [2.05, 4.69) is 46.4 Å². The van der Waals surface area contributed by atoms with Crippen LogP contribution in [0.4, 0.5) is 0 Å². The van der Waals surface area contributed by atoms with Crippen LogP contribution in [-0.4, -0.2) is 82.7 Å². The molecular formula is C28H49NO4S6. The van der Waals surface area contributed by atoms with Crippen molar-refractivity contribution in [3.05, 3.63) is 0 Å². The molecule has 0 aromatic heterocycles. The van der Waals surface area contributed by atoms with Crippen molar-refractivity contribution < 1.29 is 19.1 Å². The maximum absolute atomic E-state index is 13.2. The molecule has 3 rings (SSSR count). The molecule has 0 atom stereocenters. The normalized spacial score (nSPS) is 20.3. The Balaban J connectivity index is 1.66. The van der Waals surface area contributed by atoms with Gasteiger partial charge in [-0.1, -0.05) is 85.5 Å². The summed E-state index contributed by atoms with van der Waals surface area (Å²) < 4.78 is 12.1. The first-order chi connectivity index (χ1) is 18.4. The summed E-state index contributed by atoms with van der Waals surface area (Å²) in [5.41, 5.74) is -0.210. The fourth-order valence-corrected chi connectivity index (χ4v) is 14.0. The van der Waals surface area contributed by atoms with Crippen LogP contribution in [-0.2, 0) is 19.1 Å². The van der Waals surface area contributed by atoms with Gasteiger partial charge in [-0.3, -0.25) is 14.5 Å². The molecule has 0 radical (unpaired) electrons. The lowest BCUT2D eigenvalue weighted by Gasteiger charge is -2.40. The Morgan fingerprint density at radius 2 is 1.13 bits per heavy atom. The minimum absolute atomic E-state index is 0.0109. The molecule has 0 saturated carbocycles. The van der Waals surface area contributed by atoms with Gasteiger partial charge in [0.15, 0.2) is 0 Å². The van der Waals surface area contributed by atoms with Crippen molar-refractivity contribution in [3.8, 4) is 0 Å². The second-order valence-electron chi connectivity index (χ2n) is 13.5. The van der Waals surface area contributed by atoms with E-state index in [1.54, 1.807) is 0 Å². The van der Waals surface area contributed by atoms with Gasteiger partial charge >= 0.3 is 11.9 Å². The quantitative estimate of drug-likeness (QED) is 0.135. The van der Waals surface area contributed by atoms with Crippen molar-refractivity contribution in [1.29, 1.82) is 0 Å². The van der Waals surface area contributed by atoms with E-state index < -0.39 is 0 Å². The molecule has 0 aromatic rings. The molecule has 0 amide bonds. The molecule has 39 heavy (non-hydrogen) atoms. The van der Waals surface area contributed by atoms with Crippen molar-refractivity contribution in [1.82, 2.24) is 4.90 Å². The number of carbonyl (C=O) groups is 2. The van der Waals surface area contributed by atoms with Gasteiger partial charge in [-0.25, -0.2) is 0 Å². The van der Waals surface area contributed by atoms with E-state index in [1.807, 2.05) is 64.8 Å². The van der Waals surface area contributed by atoms with Crippen LogP contribution in [0.3, 0.4) is 0 Å². The van der Waals surface area contributed by atoms with Crippen LogP contribution in [0.1, 0.15) is 73.6 Å². The van der Waals surface area contributed by atoms with Crippen LogP contribution in [0.2, 0.25) is 0 Å². The number of carbonyl (C=O) groups excluding carboxylic acids is 2. The zero-order valence-corrected chi connectivity index (χ0v) is 29.6. The average molecular weight is 656 g/mol. The Morgan fingerprint density at radius 1 is 0.692 bits per heavy atom. The molecule has 0 aromatic carbocycles. The molecule has 0 spiro atoms. The second kappa shape index (κ2) is 16.2. The summed E-state index contributed by atoms with van der Waals surface area (Å²) in [4.78, 5) is 28.4. The van der Waals surface area contributed by atoms with Crippen LogP contribution in [0, 0.1) is 22.7 Å². The first-order valence-electron chi connectivity index (χ1n) is 14.2. The fraction of sp³-hybridized carbons (Fsp3) is 0.929. The molecule has 226 valence electrons. The number of ether oxygens (including phenoxy) is 2. The Hall–Kier alpha value is 1.000. The molecule has 3 fully saturated rings. The maximum Gasteiger partial charge on any atom is 0.307 e. The first kappa shape index (κ1) is 34.5. The Bertz CT molecular complexity index is 751. The summed E-state index contributed by atoms with van der Waals surface area (Å²) in [6, 6.07) is 0.495. The van der Waals surface area contributed by atoms with Crippen molar-refractivity contribution in [3.63, 3.8) is 0 Å². The highest BCUT2D eigenvalue weighted by Gasteiger charge is 2.41. The average Bonchev–Trinajstić information content (AvgIpc) is 3.63. The van der Waals surface area contributed by atoms with Crippen molar-refractivity contribution in [2.45, 2.75) is 85.2 Å². The third-order valence-electron chi connectivity index (χ3n) is 7.45. The van der Waals surface area contributed by atoms with E-state index in [4.69, 9.17) is 9.47 Å². The zero-order chi connectivity index (χ0) is 28.5. The lowest BCUT2D eigenvalue weighted by molar-refractivity contribution is -0.156. The number of rotatable bonds is 14. The number of nitrogens with zero attached hydrogens (tertiary/aromatic N) is 1. The SMILES string of the molecule is CC(C)(C)CCC(=O)OCC(COC(=O)CCN(C1CSSC1)C(C)(C)C)(CC1CSSC1)CC1CSSC1. The van der Waals surface area contributed by atoms with Gasteiger partial charge in [0.1, 0.15) is 13.2 Å². The van der Waals surface area contributed by atoms with Gasteiger partial charge in [0, 0.05) is 64.5 Å². The lowest BCUT2D eigenvalue weighted by Crippen LogP contribution is -2.50. The molecule has 3 heterocycles. The minimum Gasteiger partial charge on any atom is -0.465 e. The fourth-order valence-electron chi connectivity index (χ4n) is 5.34. The molecule has 3 aliphatic heterocycles. The van der Waals surface area contributed by atoms with Crippen molar-refractivity contribution in [2.75, 3.05) is 54.3 Å². The smallest absolute Gasteiger partial charge is 0.307 e. The van der Waals surface area contributed by atoms with E-state index in [0.717, 1.165) is 53.8 Å². The summed E-state index contributed by atoms with van der Waals surface area (Å²) in [5, 5.41) is 0. The third kappa shape index (κ3) is 12.6. The Labute approximate surface area is 261 Å². The predicted molar refractivity (Wildman–Crippen MR) is 179 cm³/mol. The van der Waals surface area contributed by atoms with E-state index >= 15 is 0 Å². The summed E-state index contributed by atoms with van der Waals surface area (Å²) in [6.07, 6.45) is 3.54.